The Hall–Kier alpha value is -1.89. The number of aliphatic hydroxyl groups is 1. The van der Waals surface area contributed by atoms with Crippen LogP contribution in [0.3, 0.4) is 0 Å². The zero-order valence-electron chi connectivity index (χ0n) is 16.8. The van der Waals surface area contributed by atoms with Crippen LogP contribution in [0.5, 0.6) is 5.75 Å². The number of hydrogen-bond acceptors (Lipinski definition) is 5. The van der Waals surface area contributed by atoms with Crippen LogP contribution in [-0.4, -0.2) is 71.8 Å². The van der Waals surface area contributed by atoms with Crippen LogP contribution in [-0.2, 0) is 9.53 Å². The van der Waals surface area contributed by atoms with E-state index in [1.807, 2.05) is 23.1 Å². The van der Waals surface area contributed by atoms with E-state index in [-0.39, 0.29) is 24.2 Å². The van der Waals surface area contributed by atoms with Gasteiger partial charge >= 0.3 is 0 Å². The highest BCUT2D eigenvalue weighted by atomic mass is 16.5. The van der Waals surface area contributed by atoms with Gasteiger partial charge in [0.25, 0.3) is 5.91 Å². The number of rotatable bonds is 8. The van der Waals surface area contributed by atoms with Gasteiger partial charge < -0.3 is 19.5 Å². The Kier molecular flexibility index (Phi) is 5.33. The van der Waals surface area contributed by atoms with E-state index >= 15 is 0 Å². The molecule has 2 saturated carbocycles. The maximum Gasteiger partial charge on any atom is 0.289 e. The molecule has 0 aromatic heterocycles. The van der Waals surface area contributed by atoms with Crippen LogP contribution in [0, 0.1) is 0 Å². The molecule has 5 rings (SSSR count). The highest BCUT2D eigenvalue weighted by molar-refractivity contribution is 5.94. The average Bonchev–Trinajstić information content (AvgIpc) is 3.37. The molecule has 2 aliphatic heterocycles. The van der Waals surface area contributed by atoms with Crippen molar-refractivity contribution in [2.75, 3.05) is 32.8 Å². The lowest BCUT2D eigenvalue weighted by molar-refractivity contribution is -0.135. The molecule has 3 fully saturated rings. The number of aliphatic hydroxyl groups excluding tert-OH is 1. The molecule has 29 heavy (non-hydrogen) atoms. The van der Waals surface area contributed by atoms with Crippen molar-refractivity contribution in [2.24, 2.45) is 0 Å². The molecule has 1 saturated heterocycles. The summed E-state index contributed by atoms with van der Waals surface area (Å²) < 4.78 is 11.8. The number of carbonyl (C=O) groups excluding carboxylic acids is 1. The fraction of sp³-hybridized carbons (Fsp3) is 0.609. The highest BCUT2D eigenvalue weighted by Gasteiger charge is 2.40. The van der Waals surface area contributed by atoms with Crippen molar-refractivity contribution in [3.05, 3.63) is 41.7 Å². The van der Waals surface area contributed by atoms with Crippen molar-refractivity contribution in [3.63, 3.8) is 0 Å². The lowest BCUT2D eigenvalue weighted by Crippen LogP contribution is -2.49. The third kappa shape index (κ3) is 4.34. The van der Waals surface area contributed by atoms with Crippen LogP contribution in [0.2, 0.25) is 0 Å². The van der Waals surface area contributed by atoms with Gasteiger partial charge in [0.1, 0.15) is 5.75 Å². The van der Waals surface area contributed by atoms with E-state index in [0.29, 0.717) is 18.9 Å². The van der Waals surface area contributed by atoms with E-state index < -0.39 is 0 Å². The fourth-order valence-electron chi connectivity index (χ4n) is 4.54. The van der Waals surface area contributed by atoms with E-state index in [1.54, 1.807) is 0 Å². The lowest BCUT2D eigenvalue weighted by Gasteiger charge is -2.41. The zero-order chi connectivity index (χ0) is 19.8. The first-order valence-electron chi connectivity index (χ1n) is 11.0. The van der Waals surface area contributed by atoms with E-state index in [0.717, 1.165) is 50.6 Å². The quantitative estimate of drug-likeness (QED) is 0.728. The summed E-state index contributed by atoms with van der Waals surface area (Å²) in [6.07, 6.45) is 7.18. The van der Waals surface area contributed by atoms with Crippen LogP contribution in [0.1, 0.15) is 43.6 Å². The molecule has 1 aromatic rings. The minimum absolute atomic E-state index is 0.00854. The van der Waals surface area contributed by atoms with Crippen LogP contribution >= 0.6 is 0 Å². The minimum Gasteiger partial charge on any atom is -0.452 e. The van der Waals surface area contributed by atoms with Gasteiger partial charge in [-0.05, 0) is 61.8 Å². The number of nitrogens with zero attached hydrogens (tertiary/aromatic N) is 2. The highest BCUT2D eigenvalue weighted by Crippen LogP contribution is 2.40. The third-order valence-corrected chi connectivity index (χ3v) is 6.62. The molecule has 1 amide bonds. The van der Waals surface area contributed by atoms with Gasteiger partial charge in [-0.2, -0.15) is 0 Å². The second-order valence-corrected chi connectivity index (χ2v) is 8.83. The Morgan fingerprint density at radius 2 is 1.90 bits per heavy atom. The van der Waals surface area contributed by atoms with Crippen molar-refractivity contribution >= 4 is 5.91 Å². The summed E-state index contributed by atoms with van der Waals surface area (Å²) in [6.45, 7) is 3.91. The van der Waals surface area contributed by atoms with Crippen molar-refractivity contribution in [1.82, 2.24) is 9.80 Å². The monoisotopic (exact) mass is 398 g/mol. The molecule has 0 unspecified atom stereocenters. The largest absolute Gasteiger partial charge is 0.452 e. The normalized spacial score (nSPS) is 29.8. The standard InChI is InChI=1S/C23H30N2O4/c26-19-7-9-24(15-19)11-12-28-21-13-18(14-21)25-10-8-22(23(25)27)29-20-5-3-17(4-6-20)16-1-2-16/h3-6,8,16,18-19,21,26H,1-2,7,9-15H2/t18?,19-,21?/m0/s1. The molecule has 1 atom stereocenters. The number of likely N-dealkylation sites (tertiary alicyclic amines) is 1. The Labute approximate surface area is 172 Å². The Bertz CT molecular complexity index is 768. The smallest absolute Gasteiger partial charge is 0.289 e. The molecule has 6 heteroatoms. The predicted molar refractivity (Wildman–Crippen MR) is 109 cm³/mol. The van der Waals surface area contributed by atoms with Crippen LogP contribution in [0.15, 0.2) is 36.1 Å². The summed E-state index contributed by atoms with van der Waals surface area (Å²) in [5.41, 5.74) is 1.37. The number of amides is 1. The van der Waals surface area contributed by atoms with Gasteiger partial charge in [0.2, 0.25) is 0 Å². The predicted octanol–water partition coefficient (Wildman–Crippen LogP) is 2.28. The SMILES string of the molecule is O=C1C(Oc2ccc(C3CC3)cc2)=CCN1C1CC(OCCN2CC[C@H](O)C2)C1. The number of carbonyl (C=O) groups is 1. The molecule has 0 bridgehead atoms. The van der Waals surface area contributed by atoms with Crippen molar-refractivity contribution in [2.45, 2.75) is 56.3 Å². The maximum absolute atomic E-state index is 12.7. The van der Waals surface area contributed by atoms with Crippen molar-refractivity contribution in [1.29, 1.82) is 0 Å². The van der Waals surface area contributed by atoms with Gasteiger partial charge in [0.15, 0.2) is 5.76 Å². The van der Waals surface area contributed by atoms with Crippen LogP contribution < -0.4 is 4.74 Å². The number of β-amino-alcohol motifs (C(OH)–C–C–N with tert-alkyl or cyclic N) is 1. The van der Waals surface area contributed by atoms with E-state index in [4.69, 9.17) is 9.47 Å². The average molecular weight is 399 g/mol. The summed E-state index contributed by atoms with van der Waals surface area (Å²) in [5.74, 6) is 1.90. The summed E-state index contributed by atoms with van der Waals surface area (Å²) >= 11 is 0. The maximum atomic E-state index is 12.7. The number of hydrogen-bond donors (Lipinski definition) is 1. The molecule has 2 heterocycles. The third-order valence-electron chi connectivity index (χ3n) is 6.62. The zero-order valence-corrected chi connectivity index (χ0v) is 16.8. The molecule has 1 aromatic carbocycles. The second kappa shape index (κ2) is 8.09. The molecule has 6 nitrogen and oxygen atoms in total. The van der Waals surface area contributed by atoms with Crippen LogP contribution in [0.25, 0.3) is 0 Å². The Morgan fingerprint density at radius 3 is 2.59 bits per heavy atom. The molecule has 1 N–H and O–H groups in total. The van der Waals surface area contributed by atoms with Gasteiger partial charge in [-0.1, -0.05) is 12.1 Å². The Balaban J connectivity index is 1.03. The summed E-state index contributed by atoms with van der Waals surface area (Å²) in [5, 5.41) is 9.56. The van der Waals surface area contributed by atoms with E-state index in [9.17, 15) is 9.90 Å². The lowest BCUT2D eigenvalue weighted by atomic mass is 9.88. The summed E-state index contributed by atoms with van der Waals surface area (Å²) in [4.78, 5) is 16.9. The molecule has 156 valence electrons. The fourth-order valence-corrected chi connectivity index (χ4v) is 4.54. The number of benzene rings is 1. The second-order valence-electron chi connectivity index (χ2n) is 8.83. The molecular formula is C23H30N2O4. The minimum atomic E-state index is -0.177. The van der Waals surface area contributed by atoms with Crippen molar-refractivity contribution < 1.29 is 19.4 Å². The number of ether oxygens (including phenoxy) is 2. The van der Waals surface area contributed by atoms with Gasteiger partial charge in [-0.3, -0.25) is 9.69 Å². The molecule has 2 aliphatic carbocycles. The van der Waals surface area contributed by atoms with Gasteiger partial charge in [0, 0.05) is 32.2 Å². The topological polar surface area (TPSA) is 62.2 Å². The van der Waals surface area contributed by atoms with Crippen LogP contribution in [0.4, 0.5) is 0 Å². The van der Waals surface area contributed by atoms with E-state index in [1.165, 1.54) is 18.4 Å². The molecular weight excluding hydrogens is 368 g/mol. The van der Waals surface area contributed by atoms with Crippen molar-refractivity contribution in [3.8, 4) is 5.75 Å². The molecule has 0 radical (unpaired) electrons. The molecule has 0 spiro atoms. The summed E-state index contributed by atoms with van der Waals surface area (Å²) in [6, 6.07) is 8.41. The first kappa shape index (κ1) is 19.1. The first-order chi connectivity index (χ1) is 14.2. The van der Waals surface area contributed by atoms with Gasteiger partial charge in [-0.15, -0.1) is 0 Å². The van der Waals surface area contributed by atoms with E-state index in [2.05, 4.69) is 17.0 Å². The Morgan fingerprint density at radius 1 is 1.10 bits per heavy atom. The van der Waals surface area contributed by atoms with Gasteiger partial charge in [-0.25, -0.2) is 0 Å². The summed E-state index contributed by atoms with van der Waals surface area (Å²) in [7, 11) is 0. The first-order valence-corrected chi connectivity index (χ1v) is 11.0. The molecule has 4 aliphatic rings. The van der Waals surface area contributed by atoms with Gasteiger partial charge in [0.05, 0.1) is 18.8 Å².